The Balaban J connectivity index is 2.73. The summed E-state index contributed by atoms with van der Waals surface area (Å²) in [6.07, 6.45) is 2.03. The zero-order valence-electron chi connectivity index (χ0n) is 10.9. The van der Waals surface area contributed by atoms with Crippen LogP contribution in [-0.2, 0) is 5.41 Å². The van der Waals surface area contributed by atoms with Crippen LogP contribution in [0.15, 0.2) is 0 Å². The van der Waals surface area contributed by atoms with Crippen LogP contribution in [0.1, 0.15) is 35.1 Å². The van der Waals surface area contributed by atoms with Crippen molar-refractivity contribution in [1.82, 2.24) is 0 Å². The second-order valence-corrected chi connectivity index (χ2v) is 5.41. The van der Waals surface area contributed by atoms with E-state index in [0.29, 0.717) is 0 Å². The highest BCUT2D eigenvalue weighted by atomic mass is 35.5. The first kappa shape index (κ1) is 12.7. The average Bonchev–Trinajstić information content (AvgIpc) is 3.11. The lowest BCUT2D eigenvalue weighted by Gasteiger charge is -2.23. The molecule has 17 heavy (non-hydrogen) atoms. The van der Waals surface area contributed by atoms with Crippen LogP contribution in [0.4, 0.5) is 0 Å². The van der Waals surface area contributed by atoms with Gasteiger partial charge in [-0.2, -0.15) is 0 Å². The molecule has 1 N–H and O–H groups in total. The fourth-order valence-electron chi connectivity index (χ4n) is 2.62. The Labute approximate surface area is 108 Å². The maximum Gasteiger partial charge on any atom is 0.126 e. The zero-order valence-corrected chi connectivity index (χ0v) is 11.6. The number of aliphatic hydroxyl groups excluding tert-OH is 1. The SMILES string of the molecule is COc1c(C)c(C)c(Cl)c(C)c1C1(CO)CC1. The van der Waals surface area contributed by atoms with Crippen LogP contribution in [0, 0.1) is 20.8 Å². The maximum absolute atomic E-state index is 9.61. The molecule has 94 valence electrons. The molecule has 0 spiro atoms. The summed E-state index contributed by atoms with van der Waals surface area (Å²) in [6, 6.07) is 0. The van der Waals surface area contributed by atoms with Gasteiger partial charge in [-0.05, 0) is 50.3 Å². The van der Waals surface area contributed by atoms with Crippen molar-refractivity contribution in [3.8, 4) is 5.75 Å². The molecule has 0 amide bonds. The van der Waals surface area contributed by atoms with Crippen LogP contribution in [0.25, 0.3) is 0 Å². The molecule has 1 aliphatic carbocycles. The molecule has 2 rings (SSSR count). The number of methoxy groups -OCH3 is 1. The number of hydrogen-bond acceptors (Lipinski definition) is 2. The number of hydrogen-bond donors (Lipinski definition) is 1. The summed E-state index contributed by atoms with van der Waals surface area (Å²) in [6.45, 7) is 6.22. The van der Waals surface area contributed by atoms with E-state index in [1.807, 2.05) is 20.8 Å². The van der Waals surface area contributed by atoms with Gasteiger partial charge in [0.05, 0.1) is 13.7 Å². The van der Waals surface area contributed by atoms with Crippen LogP contribution < -0.4 is 4.74 Å². The first-order valence-corrected chi connectivity index (χ1v) is 6.31. The average molecular weight is 255 g/mol. The molecule has 3 heteroatoms. The van der Waals surface area contributed by atoms with Gasteiger partial charge in [0.2, 0.25) is 0 Å². The highest BCUT2D eigenvalue weighted by Gasteiger charge is 2.47. The third-order valence-electron chi connectivity index (χ3n) is 4.05. The molecule has 1 aromatic carbocycles. The third kappa shape index (κ3) is 1.74. The van der Waals surface area contributed by atoms with Crippen molar-refractivity contribution >= 4 is 11.6 Å². The second kappa shape index (κ2) is 4.18. The molecule has 0 radical (unpaired) electrons. The van der Waals surface area contributed by atoms with Crippen molar-refractivity contribution in [3.63, 3.8) is 0 Å². The van der Waals surface area contributed by atoms with E-state index in [1.54, 1.807) is 7.11 Å². The summed E-state index contributed by atoms with van der Waals surface area (Å²) in [5, 5.41) is 10.4. The lowest BCUT2D eigenvalue weighted by Crippen LogP contribution is -2.16. The summed E-state index contributed by atoms with van der Waals surface area (Å²) in [4.78, 5) is 0. The first-order chi connectivity index (χ1) is 7.98. The van der Waals surface area contributed by atoms with Gasteiger partial charge in [-0.3, -0.25) is 0 Å². The monoisotopic (exact) mass is 254 g/mol. The summed E-state index contributed by atoms with van der Waals surface area (Å²) in [7, 11) is 1.69. The highest BCUT2D eigenvalue weighted by Crippen LogP contribution is 2.54. The van der Waals surface area contributed by atoms with Gasteiger partial charge in [-0.1, -0.05) is 11.6 Å². The summed E-state index contributed by atoms with van der Waals surface area (Å²) < 4.78 is 5.55. The van der Waals surface area contributed by atoms with Crippen molar-refractivity contribution in [1.29, 1.82) is 0 Å². The third-order valence-corrected chi connectivity index (χ3v) is 4.62. The highest BCUT2D eigenvalue weighted by molar-refractivity contribution is 6.32. The Morgan fingerprint density at radius 3 is 2.18 bits per heavy atom. The summed E-state index contributed by atoms with van der Waals surface area (Å²) in [5.41, 5.74) is 4.20. The van der Waals surface area contributed by atoms with Crippen molar-refractivity contribution in [3.05, 3.63) is 27.3 Å². The number of aliphatic hydroxyl groups is 1. The van der Waals surface area contributed by atoms with E-state index in [0.717, 1.165) is 45.9 Å². The molecule has 0 saturated heterocycles. The predicted octanol–water partition coefficient (Wildman–Crippen LogP) is 3.30. The largest absolute Gasteiger partial charge is 0.496 e. The number of benzene rings is 1. The van der Waals surface area contributed by atoms with Gasteiger partial charge < -0.3 is 9.84 Å². The normalized spacial score (nSPS) is 17.1. The minimum Gasteiger partial charge on any atom is -0.496 e. The molecular weight excluding hydrogens is 236 g/mol. The molecule has 2 nitrogen and oxygen atoms in total. The molecule has 0 bridgehead atoms. The van der Waals surface area contributed by atoms with Gasteiger partial charge in [0.25, 0.3) is 0 Å². The topological polar surface area (TPSA) is 29.5 Å². The van der Waals surface area contributed by atoms with E-state index in [2.05, 4.69) is 0 Å². The second-order valence-electron chi connectivity index (χ2n) is 5.04. The molecule has 1 saturated carbocycles. The minimum absolute atomic E-state index is 0.114. The zero-order chi connectivity index (χ0) is 12.8. The van der Waals surface area contributed by atoms with Gasteiger partial charge >= 0.3 is 0 Å². The molecule has 0 atom stereocenters. The molecule has 1 aliphatic rings. The minimum atomic E-state index is -0.114. The molecule has 0 aromatic heterocycles. The van der Waals surface area contributed by atoms with E-state index in [-0.39, 0.29) is 12.0 Å². The maximum atomic E-state index is 9.61. The molecule has 0 unspecified atom stereocenters. The van der Waals surface area contributed by atoms with E-state index in [9.17, 15) is 5.11 Å². The van der Waals surface area contributed by atoms with E-state index in [4.69, 9.17) is 16.3 Å². The van der Waals surface area contributed by atoms with Crippen LogP contribution >= 0.6 is 11.6 Å². The first-order valence-electron chi connectivity index (χ1n) is 5.93. The fourth-order valence-corrected chi connectivity index (χ4v) is 2.85. The molecular formula is C14H19ClO2. The van der Waals surface area contributed by atoms with Gasteiger partial charge in [0.1, 0.15) is 5.75 Å². The number of halogens is 1. The van der Waals surface area contributed by atoms with Gasteiger partial charge in [-0.15, -0.1) is 0 Å². The van der Waals surface area contributed by atoms with Crippen LogP contribution in [0.3, 0.4) is 0 Å². The number of ether oxygens (including phenoxy) is 1. The lowest BCUT2D eigenvalue weighted by atomic mass is 9.88. The summed E-state index contributed by atoms with van der Waals surface area (Å²) >= 11 is 6.37. The molecule has 1 aromatic rings. The quantitative estimate of drug-likeness (QED) is 0.897. The standard InChI is InChI=1S/C14H19ClO2/c1-8-9(2)13(17-4)11(10(3)12(8)15)14(7-16)5-6-14/h16H,5-7H2,1-4H3. The Kier molecular flexibility index (Phi) is 3.13. The van der Waals surface area contributed by atoms with Gasteiger partial charge in [0, 0.05) is 16.0 Å². The van der Waals surface area contributed by atoms with Crippen LogP contribution in [0.2, 0.25) is 5.02 Å². The van der Waals surface area contributed by atoms with Crippen molar-refractivity contribution in [2.24, 2.45) is 0 Å². The molecule has 1 fully saturated rings. The van der Waals surface area contributed by atoms with Crippen molar-refractivity contribution in [2.45, 2.75) is 39.0 Å². The Morgan fingerprint density at radius 1 is 1.18 bits per heavy atom. The van der Waals surface area contributed by atoms with E-state index < -0.39 is 0 Å². The Hall–Kier alpha value is -0.730. The Morgan fingerprint density at radius 2 is 1.76 bits per heavy atom. The smallest absolute Gasteiger partial charge is 0.126 e. The van der Waals surface area contributed by atoms with E-state index in [1.165, 1.54) is 0 Å². The summed E-state index contributed by atoms with van der Waals surface area (Å²) in [5.74, 6) is 0.899. The predicted molar refractivity (Wildman–Crippen MR) is 70.2 cm³/mol. The molecule has 0 aliphatic heterocycles. The van der Waals surface area contributed by atoms with E-state index >= 15 is 0 Å². The van der Waals surface area contributed by atoms with Gasteiger partial charge in [-0.25, -0.2) is 0 Å². The Bertz CT molecular complexity index is 462. The van der Waals surface area contributed by atoms with Gasteiger partial charge in [0.15, 0.2) is 0 Å². The fraction of sp³-hybridized carbons (Fsp3) is 0.571. The van der Waals surface area contributed by atoms with Crippen molar-refractivity contribution in [2.75, 3.05) is 13.7 Å². The van der Waals surface area contributed by atoms with Crippen molar-refractivity contribution < 1.29 is 9.84 Å². The van der Waals surface area contributed by atoms with Crippen LogP contribution in [0.5, 0.6) is 5.75 Å². The van der Waals surface area contributed by atoms with Crippen LogP contribution in [-0.4, -0.2) is 18.8 Å². The number of rotatable bonds is 3. The lowest BCUT2D eigenvalue weighted by molar-refractivity contribution is 0.251. The molecule has 0 heterocycles.